The second-order valence-electron chi connectivity index (χ2n) is 4.01. The van der Waals surface area contributed by atoms with Crippen LogP contribution in [0.1, 0.15) is 26.7 Å². The lowest BCUT2D eigenvalue weighted by Gasteiger charge is -2.08. The summed E-state index contributed by atoms with van der Waals surface area (Å²) >= 11 is 0. The van der Waals surface area contributed by atoms with Crippen LogP contribution in [-0.4, -0.2) is 26.9 Å². The van der Waals surface area contributed by atoms with Gasteiger partial charge in [-0.3, -0.25) is 4.99 Å². The second kappa shape index (κ2) is 8.66. The van der Waals surface area contributed by atoms with Gasteiger partial charge in [0.2, 0.25) is 5.90 Å². The summed E-state index contributed by atoms with van der Waals surface area (Å²) in [4.78, 5) is 3.37. The van der Waals surface area contributed by atoms with E-state index >= 15 is 0 Å². The summed E-state index contributed by atoms with van der Waals surface area (Å²) in [6.07, 6.45) is 10.0. The lowest BCUT2D eigenvalue weighted by atomic mass is 10.2. The number of halogens is 3. The number of hydrogen-bond donors (Lipinski definition) is 0. The molecule has 0 unspecified atom stereocenters. The molecule has 4 nitrogen and oxygen atoms in total. The van der Waals surface area contributed by atoms with Crippen molar-refractivity contribution in [1.29, 1.82) is 0 Å². The normalized spacial score (nSPS) is 15.1. The molecule has 0 atom stereocenters. The van der Waals surface area contributed by atoms with Crippen LogP contribution in [0.3, 0.4) is 0 Å². The highest BCUT2D eigenvalue weighted by Crippen LogP contribution is 2.25. The fourth-order valence-corrected chi connectivity index (χ4v) is 1.52. The molecular weight excluding hydrogens is 307 g/mol. The van der Waals surface area contributed by atoms with Crippen LogP contribution in [0, 0.1) is 0 Å². The van der Waals surface area contributed by atoms with Gasteiger partial charge in [-0.2, -0.15) is 21.6 Å². The topological polar surface area (TPSA) is 55.7 Å². The number of alkyl halides is 3. The highest BCUT2D eigenvalue weighted by Gasteiger charge is 2.48. The Labute approximate surface area is 122 Å². The predicted molar refractivity (Wildman–Crippen MR) is 76.4 cm³/mol. The van der Waals surface area contributed by atoms with Crippen LogP contribution >= 0.6 is 0 Å². The first kappa shape index (κ1) is 19.4. The summed E-state index contributed by atoms with van der Waals surface area (Å²) < 4.78 is 62.2. The van der Waals surface area contributed by atoms with Crippen LogP contribution < -0.4 is 0 Å². The van der Waals surface area contributed by atoms with E-state index in [-0.39, 0.29) is 0 Å². The molecule has 120 valence electrons. The number of allylic oxidation sites excluding steroid dienone is 5. The van der Waals surface area contributed by atoms with Crippen molar-refractivity contribution in [3.63, 3.8) is 0 Å². The zero-order valence-electron chi connectivity index (χ0n) is 12.0. The number of aliphatic imine (C=N–C) groups is 1. The standard InChI is InChI=1S/C13H18F3NO3S/c1-4-5-6-7-8-9-11(2)10-12(17-3)20-21(18,19)13(14,15)16/h6-10H,4-5H2,1-3H3/b7-6-,9-8-,11-10+,17-12?. The van der Waals surface area contributed by atoms with Crippen LogP contribution in [0.15, 0.2) is 40.9 Å². The van der Waals surface area contributed by atoms with Crippen molar-refractivity contribution in [2.24, 2.45) is 4.99 Å². The number of unbranched alkanes of at least 4 members (excludes halogenated alkanes) is 1. The maximum absolute atomic E-state index is 12.2. The van der Waals surface area contributed by atoms with Crippen LogP contribution in [-0.2, 0) is 14.3 Å². The molecular formula is C13H18F3NO3S. The largest absolute Gasteiger partial charge is 0.534 e. The van der Waals surface area contributed by atoms with Gasteiger partial charge in [0.25, 0.3) is 0 Å². The summed E-state index contributed by atoms with van der Waals surface area (Å²) in [6.45, 7) is 3.61. The Morgan fingerprint density at radius 2 is 1.90 bits per heavy atom. The van der Waals surface area contributed by atoms with Gasteiger partial charge in [-0.25, -0.2) is 0 Å². The summed E-state index contributed by atoms with van der Waals surface area (Å²) in [6, 6.07) is 0. The molecule has 0 aliphatic heterocycles. The molecule has 0 amide bonds. The van der Waals surface area contributed by atoms with Crippen molar-refractivity contribution in [3.8, 4) is 0 Å². The minimum Gasteiger partial charge on any atom is -0.356 e. The molecule has 0 bridgehead atoms. The quantitative estimate of drug-likeness (QED) is 0.246. The van der Waals surface area contributed by atoms with Crippen molar-refractivity contribution in [3.05, 3.63) is 36.0 Å². The van der Waals surface area contributed by atoms with Crippen LogP contribution in [0.5, 0.6) is 0 Å². The van der Waals surface area contributed by atoms with E-state index in [0.717, 1.165) is 26.0 Å². The smallest absolute Gasteiger partial charge is 0.356 e. The van der Waals surface area contributed by atoms with E-state index in [1.807, 2.05) is 13.0 Å². The van der Waals surface area contributed by atoms with E-state index in [2.05, 4.69) is 9.18 Å². The first-order valence-electron chi connectivity index (χ1n) is 6.13. The van der Waals surface area contributed by atoms with Crippen LogP contribution in [0.2, 0.25) is 0 Å². The van der Waals surface area contributed by atoms with Gasteiger partial charge in [-0.15, -0.1) is 0 Å². The Bertz CT molecular complexity index is 543. The molecule has 0 N–H and O–H groups in total. The minimum absolute atomic E-state index is 0.495. The number of hydrogen-bond acceptors (Lipinski definition) is 4. The predicted octanol–water partition coefficient (Wildman–Crippen LogP) is 3.74. The molecule has 0 fully saturated rings. The zero-order valence-corrected chi connectivity index (χ0v) is 12.8. The zero-order chi connectivity index (χ0) is 16.5. The van der Waals surface area contributed by atoms with Crippen molar-refractivity contribution in [2.45, 2.75) is 32.2 Å². The Kier molecular flexibility index (Phi) is 8.01. The molecule has 0 aromatic rings. The van der Waals surface area contributed by atoms with Crippen LogP contribution in [0.4, 0.5) is 13.2 Å². The average Bonchev–Trinajstić information content (AvgIpc) is 2.36. The van der Waals surface area contributed by atoms with E-state index in [0.29, 0.717) is 5.57 Å². The lowest BCUT2D eigenvalue weighted by molar-refractivity contribution is -0.0504. The Hall–Kier alpha value is -1.57. The molecule has 8 heteroatoms. The summed E-state index contributed by atoms with van der Waals surface area (Å²) in [5, 5.41) is 0. The Balaban J connectivity index is 4.89. The van der Waals surface area contributed by atoms with E-state index in [9.17, 15) is 21.6 Å². The number of rotatable bonds is 6. The molecule has 0 aromatic heterocycles. The van der Waals surface area contributed by atoms with Gasteiger partial charge in [0.15, 0.2) is 0 Å². The van der Waals surface area contributed by atoms with Gasteiger partial charge in [0.05, 0.1) is 0 Å². The fourth-order valence-electron chi connectivity index (χ4n) is 1.08. The van der Waals surface area contributed by atoms with Crippen molar-refractivity contribution < 1.29 is 25.8 Å². The Morgan fingerprint density at radius 3 is 2.38 bits per heavy atom. The molecule has 0 saturated carbocycles. The van der Waals surface area contributed by atoms with Gasteiger partial charge in [-0.1, -0.05) is 37.6 Å². The van der Waals surface area contributed by atoms with Gasteiger partial charge in [-0.05, 0) is 18.9 Å². The van der Waals surface area contributed by atoms with E-state index in [1.165, 1.54) is 0 Å². The highest BCUT2D eigenvalue weighted by atomic mass is 32.2. The SMILES string of the molecule is CCC\C=C/C=C\C(C)=C\C(=NC)OS(=O)(=O)C(F)(F)F. The number of nitrogens with zero attached hydrogens (tertiary/aromatic N) is 1. The van der Waals surface area contributed by atoms with Crippen LogP contribution in [0.25, 0.3) is 0 Å². The maximum Gasteiger partial charge on any atom is 0.534 e. The Morgan fingerprint density at radius 1 is 1.29 bits per heavy atom. The van der Waals surface area contributed by atoms with Crippen molar-refractivity contribution >= 4 is 16.0 Å². The first-order valence-corrected chi connectivity index (χ1v) is 7.54. The molecule has 0 radical (unpaired) electrons. The minimum atomic E-state index is -5.70. The summed E-state index contributed by atoms with van der Waals surface area (Å²) in [7, 11) is -4.57. The first-order chi connectivity index (χ1) is 9.64. The third-order valence-corrected chi connectivity index (χ3v) is 3.07. The summed E-state index contributed by atoms with van der Waals surface area (Å²) in [5.41, 5.74) is -4.99. The molecule has 21 heavy (non-hydrogen) atoms. The summed E-state index contributed by atoms with van der Waals surface area (Å²) in [5.74, 6) is -0.632. The maximum atomic E-state index is 12.2. The van der Waals surface area contributed by atoms with E-state index in [4.69, 9.17) is 0 Å². The van der Waals surface area contributed by atoms with Crippen molar-refractivity contribution in [1.82, 2.24) is 0 Å². The molecule has 0 heterocycles. The third-order valence-electron chi connectivity index (χ3n) is 2.11. The van der Waals surface area contributed by atoms with Gasteiger partial charge in [0, 0.05) is 13.1 Å². The van der Waals surface area contributed by atoms with Gasteiger partial charge in [0.1, 0.15) is 0 Å². The molecule has 0 aliphatic rings. The van der Waals surface area contributed by atoms with E-state index < -0.39 is 21.5 Å². The van der Waals surface area contributed by atoms with E-state index in [1.54, 1.807) is 25.2 Å². The molecule has 0 spiro atoms. The molecule has 0 aromatic carbocycles. The van der Waals surface area contributed by atoms with Gasteiger partial charge < -0.3 is 4.18 Å². The molecule has 0 aliphatic carbocycles. The third kappa shape index (κ3) is 7.69. The highest BCUT2D eigenvalue weighted by molar-refractivity contribution is 7.88. The molecule has 0 saturated heterocycles. The average molecular weight is 325 g/mol. The second-order valence-corrected chi connectivity index (χ2v) is 5.55. The van der Waals surface area contributed by atoms with Crippen molar-refractivity contribution in [2.75, 3.05) is 7.05 Å². The lowest BCUT2D eigenvalue weighted by Crippen LogP contribution is -2.27. The fraction of sp³-hybridized carbons (Fsp3) is 0.462. The monoisotopic (exact) mass is 325 g/mol. The molecule has 0 rings (SSSR count). The van der Waals surface area contributed by atoms with Gasteiger partial charge >= 0.3 is 15.6 Å².